The molecule has 0 fully saturated rings. The first-order chi connectivity index (χ1) is 11.7. The number of hydrogen-bond acceptors (Lipinski definition) is 4. The number of rotatable bonds is 5. The summed E-state index contributed by atoms with van der Waals surface area (Å²) in [6.45, 7) is 5.30. The molecule has 0 saturated heterocycles. The van der Waals surface area contributed by atoms with Crippen LogP contribution < -0.4 is 5.32 Å². The van der Waals surface area contributed by atoms with E-state index >= 15 is 0 Å². The maximum absolute atomic E-state index is 9.09. The van der Waals surface area contributed by atoms with E-state index in [0.29, 0.717) is 11.5 Å². The minimum absolute atomic E-state index is 0.648. The molecule has 0 aliphatic rings. The number of nitrogens with one attached hydrogen (secondary N) is 1. The molecule has 0 unspecified atom stereocenters. The summed E-state index contributed by atoms with van der Waals surface area (Å²) in [6.07, 6.45) is 2.69. The number of nitrogens with zero attached hydrogens (tertiary/aromatic N) is 3. The van der Waals surface area contributed by atoms with Gasteiger partial charge in [0.05, 0.1) is 17.1 Å². The maximum atomic E-state index is 9.09. The Morgan fingerprint density at radius 3 is 2.71 bits per heavy atom. The van der Waals surface area contributed by atoms with Gasteiger partial charge in [-0.25, -0.2) is 9.97 Å². The lowest BCUT2D eigenvalue weighted by atomic mass is 10.0. The van der Waals surface area contributed by atoms with Gasteiger partial charge < -0.3 is 5.32 Å². The molecule has 0 amide bonds. The molecule has 0 aliphatic carbocycles. The third-order valence-electron chi connectivity index (χ3n) is 3.97. The Labute approximate surface area is 142 Å². The van der Waals surface area contributed by atoms with Gasteiger partial charge in [0, 0.05) is 11.9 Å². The molecule has 120 valence electrons. The standard InChI is InChI=1S/C20H20N4/c1-14(2)8-9-22-20-18-11-17(6-7-19(18)23-13-24-20)16-5-3-4-15(10-16)12-21/h3-7,10-11,13-14H,8-9H2,1-2H3,(H,22,23,24). The molecular weight excluding hydrogens is 296 g/mol. The van der Waals surface area contributed by atoms with Crippen LogP contribution in [0.2, 0.25) is 0 Å². The lowest BCUT2D eigenvalue weighted by Crippen LogP contribution is -2.06. The van der Waals surface area contributed by atoms with Crippen LogP contribution in [0, 0.1) is 17.2 Å². The van der Waals surface area contributed by atoms with E-state index in [1.807, 2.05) is 36.4 Å². The van der Waals surface area contributed by atoms with Crippen LogP contribution in [0.15, 0.2) is 48.8 Å². The lowest BCUT2D eigenvalue weighted by molar-refractivity contribution is 0.607. The van der Waals surface area contributed by atoms with Crippen LogP contribution in [0.3, 0.4) is 0 Å². The van der Waals surface area contributed by atoms with Crippen molar-refractivity contribution in [2.45, 2.75) is 20.3 Å². The van der Waals surface area contributed by atoms with Gasteiger partial charge in [-0.15, -0.1) is 0 Å². The molecule has 3 rings (SSSR count). The highest BCUT2D eigenvalue weighted by molar-refractivity contribution is 5.92. The SMILES string of the molecule is CC(C)CCNc1ncnc2ccc(-c3cccc(C#N)c3)cc12. The number of benzene rings is 2. The zero-order valence-corrected chi connectivity index (χ0v) is 14.0. The van der Waals surface area contributed by atoms with Crippen LogP contribution in [0.25, 0.3) is 22.0 Å². The summed E-state index contributed by atoms with van der Waals surface area (Å²) >= 11 is 0. The Hall–Kier alpha value is -2.93. The van der Waals surface area contributed by atoms with Crippen molar-refractivity contribution in [3.05, 3.63) is 54.4 Å². The van der Waals surface area contributed by atoms with Crippen LogP contribution in [-0.2, 0) is 0 Å². The van der Waals surface area contributed by atoms with Crippen molar-refractivity contribution in [1.29, 1.82) is 5.26 Å². The molecule has 3 aromatic rings. The molecule has 0 saturated carbocycles. The van der Waals surface area contributed by atoms with Crippen molar-refractivity contribution >= 4 is 16.7 Å². The van der Waals surface area contributed by atoms with Gasteiger partial charge in [-0.05, 0) is 47.7 Å². The molecule has 0 spiro atoms. The van der Waals surface area contributed by atoms with E-state index in [1.54, 1.807) is 6.33 Å². The van der Waals surface area contributed by atoms with Crippen molar-refractivity contribution in [3.8, 4) is 17.2 Å². The monoisotopic (exact) mass is 316 g/mol. The van der Waals surface area contributed by atoms with E-state index < -0.39 is 0 Å². The minimum Gasteiger partial charge on any atom is -0.369 e. The predicted molar refractivity (Wildman–Crippen MR) is 97.6 cm³/mol. The Bertz CT molecular complexity index is 894. The average Bonchev–Trinajstić information content (AvgIpc) is 2.61. The van der Waals surface area contributed by atoms with Crippen molar-refractivity contribution < 1.29 is 0 Å². The molecule has 24 heavy (non-hydrogen) atoms. The minimum atomic E-state index is 0.648. The first-order valence-electron chi connectivity index (χ1n) is 8.16. The van der Waals surface area contributed by atoms with E-state index in [9.17, 15) is 0 Å². The highest BCUT2D eigenvalue weighted by atomic mass is 15.0. The van der Waals surface area contributed by atoms with E-state index in [0.717, 1.165) is 40.8 Å². The number of hydrogen-bond donors (Lipinski definition) is 1. The van der Waals surface area contributed by atoms with Gasteiger partial charge in [-0.2, -0.15) is 5.26 Å². The summed E-state index contributed by atoms with van der Waals surface area (Å²) in [5.41, 5.74) is 3.65. The van der Waals surface area contributed by atoms with Crippen LogP contribution in [-0.4, -0.2) is 16.5 Å². The van der Waals surface area contributed by atoms with E-state index in [-0.39, 0.29) is 0 Å². The molecule has 1 N–H and O–H groups in total. The second-order valence-electron chi connectivity index (χ2n) is 6.26. The summed E-state index contributed by atoms with van der Waals surface area (Å²) in [6, 6.07) is 15.9. The Morgan fingerprint density at radius 1 is 1.08 bits per heavy atom. The second kappa shape index (κ2) is 7.10. The summed E-state index contributed by atoms with van der Waals surface area (Å²) in [7, 11) is 0. The van der Waals surface area contributed by atoms with E-state index in [1.165, 1.54) is 0 Å². The first kappa shape index (κ1) is 15.9. The summed E-state index contributed by atoms with van der Waals surface area (Å²) < 4.78 is 0. The zero-order valence-electron chi connectivity index (χ0n) is 14.0. The fourth-order valence-corrected chi connectivity index (χ4v) is 2.62. The third kappa shape index (κ3) is 3.52. The molecule has 0 aliphatic heterocycles. The molecule has 0 bridgehead atoms. The number of anilines is 1. The Morgan fingerprint density at radius 2 is 1.92 bits per heavy atom. The maximum Gasteiger partial charge on any atom is 0.137 e. The largest absolute Gasteiger partial charge is 0.369 e. The van der Waals surface area contributed by atoms with Gasteiger partial charge in [0.2, 0.25) is 0 Å². The normalized spacial score (nSPS) is 10.8. The van der Waals surface area contributed by atoms with Gasteiger partial charge in [0.25, 0.3) is 0 Å². The zero-order chi connectivity index (χ0) is 16.9. The Kier molecular flexibility index (Phi) is 4.72. The van der Waals surface area contributed by atoms with Gasteiger partial charge >= 0.3 is 0 Å². The summed E-state index contributed by atoms with van der Waals surface area (Å²) in [4.78, 5) is 8.75. The highest BCUT2D eigenvalue weighted by Gasteiger charge is 2.07. The van der Waals surface area contributed by atoms with Crippen LogP contribution in [0.5, 0.6) is 0 Å². The van der Waals surface area contributed by atoms with Crippen molar-refractivity contribution in [3.63, 3.8) is 0 Å². The summed E-state index contributed by atoms with van der Waals surface area (Å²) in [5.74, 6) is 1.51. The van der Waals surface area contributed by atoms with Gasteiger partial charge in [0.1, 0.15) is 12.1 Å². The van der Waals surface area contributed by atoms with Crippen LogP contribution >= 0.6 is 0 Å². The molecule has 4 nitrogen and oxygen atoms in total. The van der Waals surface area contributed by atoms with Crippen molar-refractivity contribution in [2.75, 3.05) is 11.9 Å². The fourth-order valence-electron chi connectivity index (χ4n) is 2.62. The average molecular weight is 316 g/mol. The van der Waals surface area contributed by atoms with Gasteiger partial charge in [0.15, 0.2) is 0 Å². The number of nitriles is 1. The van der Waals surface area contributed by atoms with Crippen LogP contribution in [0.1, 0.15) is 25.8 Å². The molecule has 0 atom stereocenters. The molecule has 4 heteroatoms. The van der Waals surface area contributed by atoms with E-state index in [4.69, 9.17) is 5.26 Å². The van der Waals surface area contributed by atoms with Gasteiger partial charge in [-0.1, -0.05) is 32.0 Å². The smallest absolute Gasteiger partial charge is 0.137 e. The first-order valence-corrected chi connectivity index (χ1v) is 8.16. The topological polar surface area (TPSA) is 61.6 Å². The second-order valence-corrected chi connectivity index (χ2v) is 6.26. The van der Waals surface area contributed by atoms with E-state index in [2.05, 4.69) is 41.3 Å². The molecule has 2 aromatic carbocycles. The lowest BCUT2D eigenvalue weighted by Gasteiger charge is -2.11. The Balaban J connectivity index is 1.98. The predicted octanol–water partition coefficient (Wildman–Crippen LogP) is 4.63. The molecule has 1 aromatic heterocycles. The van der Waals surface area contributed by atoms with Crippen molar-refractivity contribution in [2.24, 2.45) is 5.92 Å². The van der Waals surface area contributed by atoms with Crippen LogP contribution in [0.4, 0.5) is 5.82 Å². The highest BCUT2D eigenvalue weighted by Crippen LogP contribution is 2.27. The van der Waals surface area contributed by atoms with Crippen molar-refractivity contribution in [1.82, 2.24) is 9.97 Å². The molecule has 0 radical (unpaired) electrons. The third-order valence-corrected chi connectivity index (χ3v) is 3.97. The van der Waals surface area contributed by atoms with Gasteiger partial charge in [-0.3, -0.25) is 0 Å². The quantitative estimate of drug-likeness (QED) is 0.745. The molecule has 1 heterocycles. The molecular formula is C20H20N4. The summed E-state index contributed by atoms with van der Waals surface area (Å²) in [5, 5.41) is 13.5. The number of fused-ring (bicyclic) bond motifs is 1. The fraction of sp³-hybridized carbons (Fsp3) is 0.250. The number of aromatic nitrogens is 2.